The average Bonchev–Trinajstić information content (AvgIpc) is 3.71. The summed E-state index contributed by atoms with van der Waals surface area (Å²) in [5.74, 6) is 1.25. The maximum absolute atomic E-state index is 12.6. The highest BCUT2D eigenvalue weighted by Crippen LogP contribution is 2.31. The molecule has 8 heteroatoms. The molecular formula is C27H27N3O4S. The molecule has 0 saturated heterocycles. The van der Waals surface area contributed by atoms with Gasteiger partial charge in [-0.1, -0.05) is 24.3 Å². The molecule has 0 aromatic heterocycles. The number of para-hydroxylation sites is 1. The number of thiocarbonyl (C=S) groups is 1. The summed E-state index contributed by atoms with van der Waals surface area (Å²) in [7, 11) is 0. The van der Waals surface area contributed by atoms with Crippen LogP contribution in [-0.2, 0) is 4.79 Å². The summed E-state index contributed by atoms with van der Waals surface area (Å²) in [4.78, 5) is 24.7. The lowest BCUT2D eigenvalue weighted by atomic mass is 10.1. The molecule has 180 valence electrons. The van der Waals surface area contributed by atoms with Gasteiger partial charge in [0.25, 0.3) is 5.91 Å². The van der Waals surface area contributed by atoms with Crippen LogP contribution >= 0.6 is 12.2 Å². The predicted molar refractivity (Wildman–Crippen MR) is 140 cm³/mol. The van der Waals surface area contributed by atoms with Crippen molar-refractivity contribution in [3.05, 3.63) is 83.9 Å². The van der Waals surface area contributed by atoms with Crippen LogP contribution in [0.15, 0.2) is 72.8 Å². The van der Waals surface area contributed by atoms with Crippen molar-refractivity contribution in [2.45, 2.75) is 19.8 Å². The third-order valence-electron chi connectivity index (χ3n) is 5.41. The minimum atomic E-state index is -0.337. The van der Waals surface area contributed by atoms with E-state index in [1.807, 2.05) is 55.5 Å². The molecule has 0 heterocycles. The van der Waals surface area contributed by atoms with Gasteiger partial charge >= 0.3 is 0 Å². The van der Waals surface area contributed by atoms with E-state index in [0.717, 1.165) is 29.8 Å². The lowest BCUT2D eigenvalue weighted by Gasteiger charge is -2.13. The normalized spacial score (nSPS) is 12.4. The second-order valence-corrected chi connectivity index (χ2v) is 8.64. The summed E-state index contributed by atoms with van der Waals surface area (Å²) < 4.78 is 11.3. The molecule has 3 N–H and O–H groups in total. The summed E-state index contributed by atoms with van der Waals surface area (Å²) in [5.41, 5.74) is 2.80. The van der Waals surface area contributed by atoms with Crippen LogP contribution < -0.4 is 25.4 Å². The van der Waals surface area contributed by atoms with Crippen molar-refractivity contribution in [3.8, 4) is 11.5 Å². The maximum atomic E-state index is 12.6. The number of benzene rings is 3. The summed E-state index contributed by atoms with van der Waals surface area (Å²) in [6.07, 6.45) is 1.88. The Balaban J connectivity index is 1.23. The third kappa shape index (κ3) is 7.28. The first-order valence-electron chi connectivity index (χ1n) is 11.4. The van der Waals surface area contributed by atoms with E-state index in [1.165, 1.54) is 0 Å². The van der Waals surface area contributed by atoms with Gasteiger partial charge in [-0.2, -0.15) is 0 Å². The Bertz CT molecular complexity index is 1190. The monoisotopic (exact) mass is 489 g/mol. The van der Waals surface area contributed by atoms with Gasteiger partial charge in [-0.3, -0.25) is 14.9 Å². The molecule has 0 radical (unpaired) electrons. The molecule has 0 atom stereocenters. The summed E-state index contributed by atoms with van der Waals surface area (Å²) in [6, 6.07) is 21.9. The average molecular weight is 490 g/mol. The lowest BCUT2D eigenvalue weighted by Crippen LogP contribution is -2.34. The molecule has 0 unspecified atom stereocenters. The molecule has 7 nitrogen and oxygen atoms in total. The highest BCUT2D eigenvalue weighted by molar-refractivity contribution is 7.80. The van der Waals surface area contributed by atoms with Gasteiger partial charge in [0.05, 0.1) is 0 Å². The Morgan fingerprint density at radius 3 is 2.20 bits per heavy atom. The number of hydrogen-bond donors (Lipinski definition) is 3. The van der Waals surface area contributed by atoms with Crippen LogP contribution in [0.4, 0.5) is 11.4 Å². The first-order chi connectivity index (χ1) is 17.0. The number of carbonyl (C=O) groups is 2. The van der Waals surface area contributed by atoms with Crippen molar-refractivity contribution >= 4 is 40.5 Å². The van der Waals surface area contributed by atoms with Crippen LogP contribution in [0.1, 0.15) is 28.8 Å². The molecule has 1 fully saturated rings. The van der Waals surface area contributed by atoms with Gasteiger partial charge in [0.15, 0.2) is 5.11 Å². The largest absolute Gasteiger partial charge is 0.490 e. The van der Waals surface area contributed by atoms with Crippen LogP contribution in [0.25, 0.3) is 0 Å². The number of nitrogens with one attached hydrogen (secondary N) is 3. The molecule has 1 saturated carbocycles. The quantitative estimate of drug-likeness (QED) is 0.292. The molecule has 35 heavy (non-hydrogen) atoms. The topological polar surface area (TPSA) is 88.7 Å². The number of rotatable bonds is 9. The van der Waals surface area contributed by atoms with Gasteiger partial charge in [0.1, 0.15) is 24.7 Å². The molecule has 3 aromatic rings. The molecule has 4 rings (SSSR count). The van der Waals surface area contributed by atoms with Crippen LogP contribution in [0.2, 0.25) is 0 Å². The van der Waals surface area contributed by atoms with Crippen LogP contribution in [0.3, 0.4) is 0 Å². The third-order valence-corrected chi connectivity index (χ3v) is 5.61. The fourth-order valence-electron chi connectivity index (χ4n) is 3.29. The van der Waals surface area contributed by atoms with Crippen molar-refractivity contribution in [1.29, 1.82) is 0 Å². The van der Waals surface area contributed by atoms with Crippen LogP contribution in [0.5, 0.6) is 11.5 Å². The van der Waals surface area contributed by atoms with Crippen LogP contribution in [-0.4, -0.2) is 30.1 Å². The first kappa shape index (κ1) is 24.2. The first-order valence-corrected chi connectivity index (χ1v) is 11.8. The minimum absolute atomic E-state index is 0.0391. The molecule has 2 amide bonds. The molecule has 0 spiro atoms. The second kappa shape index (κ2) is 11.5. The Kier molecular flexibility index (Phi) is 7.95. The minimum Gasteiger partial charge on any atom is -0.490 e. The Morgan fingerprint density at radius 2 is 1.54 bits per heavy atom. The van der Waals surface area contributed by atoms with E-state index in [-0.39, 0.29) is 22.8 Å². The van der Waals surface area contributed by atoms with E-state index in [2.05, 4.69) is 16.0 Å². The predicted octanol–water partition coefficient (Wildman–Crippen LogP) is 4.93. The zero-order chi connectivity index (χ0) is 24.6. The summed E-state index contributed by atoms with van der Waals surface area (Å²) in [6.45, 7) is 2.72. The molecule has 0 aliphatic heterocycles. The van der Waals surface area contributed by atoms with Gasteiger partial charge < -0.3 is 20.1 Å². The van der Waals surface area contributed by atoms with Crippen molar-refractivity contribution in [2.75, 3.05) is 23.8 Å². The standard InChI is InChI=1S/C27H27N3O4S/c1-18-7-12-21(17-24(18)29-25(31)19-8-9-19)28-27(35)30-26(32)20-10-13-23(14-11-20)34-16-15-33-22-5-3-2-4-6-22/h2-7,10-14,17,19H,8-9,15-16H2,1H3,(H,29,31)(H2,28,30,32,35). The highest BCUT2D eigenvalue weighted by Gasteiger charge is 2.29. The molecule has 1 aliphatic rings. The highest BCUT2D eigenvalue weighted by atomic mass is 32.1. The van der Waals surface area contributed by atoms with Crippen molar-refractivity contribution in [1.82, 2.24) is 5.32 Å². The number of hydrogen-bond acceptors (Lipinski definition) is 5. The molecular weight excluding hydrogens is 462 g/mol. The van der Waals surface area contributed by atoms with Gasteiger partial charge in [-0.05, 0) is 86.1 Å². The van der Waals surface area contributed by atoms with Gasteiger partial charge in [0.2, 0.25) is 5.91 Å². The summed E-state index contributed by atoms with van der Waals surface area (Å²) >= 11 is 5.30. The van der Waals surface area contributed by atoms with E-state index in [1.54, 1.807) is 24.3 Å². The number of ether oxygens (including phenoxy) is 2. The lowest BCUT2D eigenvalue weighted by molar-refractivity contribution is -0.117. The van der Waals surface area contributed by atoms with E-state index >= 15 is 0 Å². The van der Waals surface area contributed by atoms with Crippen molar-refractivity contribution in [3.63, 3.8) is 0 Å². The number of amides is 2. The Hall–Kier alpha value is -3.91. The SMILES string of the molecule is Cc1ccc(NC(=S)NC(=O)c2ccc(OCCOc3ccccc3)cc2)cc1NC(=O)C1CC1. The molecule has 3 aromatic carbocycles. The number of anilines is 2. The van der Waals surface area contributed by atoms with E-state index in [4.69, 9.17) is 21.7 Å². The summed E-state index contributed by atoms with van der Waals surface area (Å²) in [5, 5.41) is 8.79. The Labute approximate surface area is 209 Å². The zero-order valence-electron chi connectivity index (χ0n) is 19.4. The number of carbonyl (C=O) groups excluding carboxylic acids is 2. The fourth-order valence-corrected chi connectivity index (χ4v) is 3.50. The van der Waals surface area contributed by atoms with Gasteiger partial charge in [0, 0.05) is 22.9 Å². The van der Waals surface area contributed by atoms with Gasteiger partial charge in [-0.25, -0.2) is 0 Å². The number of aryl methyl sites for hydroxylation is 1. The fraction of sp³-hybridized carbons (Fsp3) is 0.222. The maximum Gasteiger partial charge on any atom is 0.257 e. The van der Waals surface area contributed by atoms with E-state index in [9.17, 15) is 9.59 Å². The molecule has 1 aliphatic carbocycles. The van der Waals surface area contributed by atoms with E-state index < -0.39 is 0 Å². The second-order valence-electron chi connectivity index (χ2n) is 8.24. The zero-order valence-corrected chi connectivity index (χ0v) is 20.2. The molecule has 0 bridgehead atoms. The van der Waals surface area contributed by atoms with Crippen molar-refractivity contribution < 1.29 is 19.1 Å². The van der Waals surface area contributed by atoms with Crippen LogP contribution in [0, 0.1) is 12.8 Å². The van der Waals surface area contributed by atoms with E-state index in [0.29, 0.717) is 30.2 Å². The van der Waals surface area contributed by atoms with Crippen molar-refractivity contribution in [2.24, 2.45) is 5.92 Å². The smallest absolute Gasteiger partial charge is 0.257 e. The Morgan fingerprint density at radius 1 is 0.886 bits per heavy atom. The van der Waals surface area contributed by atoms with Gasteiger partial charge in [-0.15, -0.1) is 0 Å².